The van der Waals surface area contributed by atoms with Crippen molar-refractivity contribution in [1.29, 1.82) is 0 Å². The second-order valence-electron chi connectivity index (χ2n) is 4.61. The molecule has 0 saturated heterocycles. The van der Waals surface area contributed by atoms with Crippen LogP contribution in [-0.4, -0.2) is 30.2 Å². The van der Waals surface area contributed by atoms with Gasteiger partial charge in [0.15, 0.2) is 0 Å². The van der Waals surface area contributed by atoms with Crippen molar-refractivity contribution in [3.05, 3.63) is 30.1 Å². The summed E-state index contributed by atoms with van der Waals surface area (Å²) < 4.78 is 13.2. The van der Waals surface area contributed by atoms with Gasteiger partial charge < -0.3 is 10.4 Å². The highest BCUT2D eigenvalue weighted by molar-refractivity contribution is 5.91. The molecule has 0 saturated carbocycles. The summed E-state index contributed by atoms with van der Waals surface area (Å²) in [6, 6.07) is 5.41. The van der Waals surface area contributed by atoms with E-state index >= 15 is 0 Å². The lowest BCUT2D eigenvalue weighted by Gasteiger charge is -2.22. The molecule has 1 aromatic carbocycles. The maximum Gasteiger partial charge on any atom is 0.321 e. The van der Waals surface area contributed by atoms with E-state index in [0.29, 0.717) is 12.2 Å². The average Bonchev–Trinajstić information content (AvgIpc) is 2.36. The normalized spacial score (nSPS) is 11.8. The van der Waals surface area contributed by atoms with E-state index in [9.17, 15) is 14.0 Å². The summed E-state index contributed by atoms with van der Waals surface area (Å²) in [6.45, 7) is 4.18. The highest BCUT2D eigenvalue weighted by atomic mass is 19.1. The van der Waals surface area contributed by atoms with Crippen molar-refractivity contribution in [2.24, 2.45) is 5.92 Å². The van der Waals surface area contributed by atoms with Crippen LogP contribution in [0.15, 0.2) is 24.3 Å². The quantitative estimate of drug-likeness (QED) is 0.842. The monoisotopic (exact) mass is 282 g/mol. The number of carboxylic acid groups (broad SMARTS) is 1. The maximum absolute atomic E-state index is 13.2. The van der Waals surface area contributed by atoms with Gasteiger partial charge >= 0.3 is 12.0 Å². The number of halogens is 1. The second-order valence-corrected chi connectivity index (χ2v) is 4.61. The Labute approximate surface area is 117 Å². The first kappa shape index (κ1) is 15.9. The van der Waals surface area contributed by atoms with Crippen LogP contribution in [0.25, 0.3) is 0 Å². The lowest BCUT2D eigenvalue weighted by molar-refractivity contribution is -0.137. The molecule has 6 heteroatoms. The van der Waals surface area contributed by atoms with Crippen molar-refractivity contribution in [1.82, 2.24) is 5.32 Å². The molecule has 1 unspecified atom stereocenters. The summed E-state index contributed by atoms with van der Waals surface area (Å²) >= 11 is 0. The van der Waals surface area contributed by atoms with Gasteiger partial charge in [-0.1, -0.05) is 13.0 Å². The number of hydrogen-bond donors (Lipinski definition) is 2. The molecule has 0 bridgehead atoms. The minimum absolute atomic E-state index is 0.00757. The van der Waals surface area contributed by atoms with Crippen LogP contribution in [0.3, 0.4) is 0 Å². The van der Waals surface area contributed by atoms with Crippen molar-refractivity contribution in [2.45, 2.75) is 20.3 Å². The van der Waals surface area contributed by atoms with Gasteiger partial charge in [0.2, 0.25) is 0 Å². The third-order valence-electron chi connectivity index (χ3n) is 2.81. The first-order valence-electron chi connectivity index (χ1n) is 6.46. The zero-order chi connectivity index (χ0) is 15.1. The average molecular weight is 282 g/mol. The Hall–Kier alpha value is -2.11. The van der Waals surface area contributed by atoms with E-state index in [2.05, 4.69) is 5.32 Å². The predicted octanol–water partition coefficient (Wildman–Crippen LogP) is 2.47. The molecule has 5 nitrogen and oxygen atoms in total. The molecule has 1 rings (SSSR count). The number of nitrogens with zero attached hydrogens (tertiary/aromatic N) is 1. The molecule has 1 aromatic rings. The zero-order valence-electron chi connectivity index (χ0n) is 11.6. The predicted molar refractivity (Wildman–Crippen MR) is 74.2 cm³/mol. The summed E-state index contributed by atoms with van der Waals surface area (Å²) in [7, 11) is 0. The van der Waals surface area contributed by atoms with E-state index in [1.165, 1.54) is 23.1 Å². The number of anilines is 1. The molecule has 0 aliphatic carbocycles. The summed E-state index contributed by atoms with van der Waals surface area (Å²) in [4.78, 5) is 24.0. The highest BCUT2D eigenvalue weighted by Crippen LogP contribution is 2.15. The molecule has 0 aromatic heterocycles. The van der Waals surface area contributed by atoms with Crippen LogP contribution < -0.4 is 10.2 Å². The number of nitrogens with one attached hydrogen (secondary N) is 1. The molecule has 0 radical (unpaired) electrons. The number of benzene rings is 1. The Morgan fingerprint density at radius 1 is 1.45 bits per heavy atom. The van der Waals surface area contributed by atoms with Gasteiger partial charge in [-0.3, -0.25) is 9.69 Å². The number of urea groups is 1. The number of aliphatic carboxylic acids is 1. The van der Waals surface area contributed by atoms with Gasteiger partial charge in [0.05, 0.1) is 0 Å². The molecule has 20 heavy (non-hydrogen) atoms. The smallest absolute Gasteiger partial charge is 0.321 e. The van der Waals surface area contributed by atoms with Crippen molar-refractivity contribution < 1.29 is 19.1 Å². The fraction of sp³-hybridized carbons (Fsp3) is 0.429. The molecular weight excluding hydrogens is 263 g/mol. The lowest BCUT2D eigenvalue weighted by atomic mass is 10.1. The Balaban J connectivity index is 2.62. The molecule has 0 aliphatic rings. The summed E-state index contributed by atoms with van der Waals surface area (Å²) in [5.41, 5.74) is 0.468. The SMILES string of the molecule is CCN(C(=O)NCC(C)CC(=O)O)c1cccc(F)c1. The largest absolute Gasteiger partial charge is 0.481 e. The van der Waals surface area contributed by atoms with Crippen LogP contribution in [-0.2, 0) is 4.79 Å². The minimum atomic E-state index is -0.899. The Bertz CT molecular complexity index is 479. The van der Waals surface area contributed by atoms with Crippen molar-refractivity contribution in [3.8, 4) is 0 Å². The zero-order valence-corrected chi connectivity index (χ0v) is 11.6. The first-order valence-corrected chi connectivity index (χ1v) is 6.46. The van der Waals surface area contributed by atoms with Crippen LogP contribution in [0.5, 0.6) is 0 Å². The number of rotatable bonds is 6. The topological polar surface area (TPSA) is 69.6 Å². The fourth-order valence-electron chi connectivity index (χ4n) is 1.81. The third-order valence-corrected chi connectivity index (χ3v) is 2.81. The maximum atomic E-state index is 13.2. The van der Waals surface area contributed by atoms with Gasteiger partial charge in [0, 0.05) is 25.2 Å². The van der Waals surface area contributed by atoms with Gasteiger partial charge in [0.25, 0.3) is 0 Å². The Morgan fingerprint density at radius 3 is 2.70 bits per heavy atom. The van der Waals surface area contributed by atoms with Crippen LogP contribution in [0, 0.1) is 11.7 Å². The third kappa shape index (κ3) is 4.87. The standard InChI is InChI=1S/C14H19FN2O3/c1-3-17(12-6-4-5-11(15)8-12)14(20)16-9-10(2)7-13(18)19/h4-6,8,10H,3,7,9H2,1-2H3,(H,16,20)(H,18,19). The number of carbonyl (C=O) groups is 2. The summed E-state index contributed by atoms with van der Waals surface area (Å²) in [6.07, 6.45) is -0.00757. The van der Waals surface area contributed by atoms with Gasteiger partial charge in [-0.05, 0) is 31.0 Å². The van der Waals surface area contributed by atoms with Crippen molar-refractivity contribution >= 4 is 17.7 Å². The number of carboxylic acids is 1. The molecule has 0 aliphatic heterocycles. The molecule has 110 valence electrons. The van der Waals surface area contributed by atoms with E-state index < -0.39 is 11.8 Å². The van der Waals surface area contributed by atoms with Gasteiger partial charge in [0.1, 0.15) is 5.82 Å². The van der Waals surface area contributed by atoms with E-state index in [1.54, 1.807) is 19.9 Å². The number of amides is 2. The molecule has 1 atom stereocenters. The fourth-order valence-corrected chi connectivity index (χ4v) is 1.81. The Kier molecular flexibility index (Phi) is 5.96. The molecular formula is C14H19FN2O3. The molecule has 2 N–H and O–H groups in total. The van der Waals surface area contributed by atoms with E-state index in [0.717, 1.165) is 0 Å². The summed E-state index contributed by atoms with van der Waals surface area (Å²) in [5, 5.41) is 11.3. The number of carbonyl (C=O) groups excluding carboxylic acids is 1. The molecule has 2 amide bonds. The molecule has 0 heterocycles. The van der Waals surface area contributed by atoms with Gasteiger partial charge in [-0.15, -0.1) is 0 Å². The van der Waals surface area contributed by atoms with E-state index in [4.69, 9.17) is 5.11 Å². The number of hydrogen-bond acceptors (Lipinski definition) is 2. The lowest BCUT2D eigenvalue weighted by Crippen LogP contribution is -2.41. The van der Waals surface area contributed by atoms with Crippen LogP contribution in [0.4, 0.5) is 14.9 Å². The highest BCUT2D eigenvalue weighted by Gasteiger charge is 2.15. The first-order chi connectivity index (χ1) is 9.43. The van der Waals surface area contributed by atoms with Crippen LogP contribution in [0.1, 0.15) is 20.3 Å². The minimum Gasteiger partial charge on any atom is -0.481 e. The molecule has 0 fully saturated rings. The second kappa shape index (κ2) is 7.47. The Morgan fingerprint density at radius 2 is 2.15 bits per heavy atom. The van der Waals surface area contributed by atoms with Crippen LogP contribution >= 0.6 is 0 Å². The van der Waals surface area contributed by atoms with Crippen LogP contribution in [0.2, 0.25) is 0 Å². The molecule has 0 spiro atoms. The van der Waals surface area contributed by atoms with Gasteiger partial charge in [-0.2, -0.15) is 0 Å². The van der Waals surface area contributed by atoms with E-state index in [1.807, 2.05) is 0 Å². The van der Waals surface area contributed by atoms with E-state index in [-0.39, 0.29) is 24.9 Å². The van der Waals surface area contributed by atoms with Gasteiger partial charge in [-0.25, -0.2) is 9.18 Å². The van der Waals surface area contributed by atoms with Crippen molar-refractivity contribution in [2.75, 3.05) is 18.0 Å². The van der Waals surface area contributed by atoms with Crippen molar-refractivity contribution in [3.63, 3.8) is 0 Å². The summed E-state index contributed by atoms with van der Waals surface area (Å²) in [5.74, 6) is -1.47.